The van der Waals surface area contributed by atoms with Crippen molar-refractivity contribution < 1.29 is 9.18 Å². The lowest BCUT2D eigenvalue weighted by atomic mass is 10.0. The van der Waals surface area contributed by atoms with Crippen molar-refractivity contribution in [3.05, 3.63) is 78.4 Å². The maximum absolute atomic E-state index is 13.5. The van der Waals surface area contributed by atoms with Crippen molar-refractivity contribution in [1.82, 2.24) is 14.5 Å². The molecule has 4 aromatic rings. The van der Waals surface area contributed by atoms with Gasteiger partial charge in [0.2, 0.25) is 0 Å². The highest BCUT2D eigenvalue weighted by Crippen LogP contribution is 2.33. The van der Waals surface area contributed by atoms with Crippen molar-refractivity contribution in [3.63, 3.8) is 0 Å². The lowest BCUT2D eigenvalue weighted by Crippen LogP contribution is -2.26. The Kier molecular flexibility index (Phi) is 6.32. The molecule has 164 valence electrons. The van der Waals surface area contributed by atoms with Gasteiger partial charge in [0.05, 0.1) is 5.69 Å². The Morgan fingerprint density at radius 1 is 1.03 bits per heavy atom. The normalized spacial score (nSPS) is 11.4. The number of carbonyl (C=O) groups is 1. The van der Waals surface area contributed by atoms with Crippen molar-refractivity contribution in [3.8, 4) is 22.4 Å². The molecular formula is C26H27FN4O. The smallest absolute Gasteiger partial charge is 0.267 e. The number of amides is 1. The molecule has 4 rings (SSSR count). The summed E-state index contributed by atoms with van der Waals surface area (Å²) in [5.74, 6) is -0.796. The number of rotatable bonds is 8. The van der Waals surface area contributed by atoms with Crippen molar-refractivity contribution in [1.29, 1.82) is 0 Å². The highest BCUT2D eigenvalue weighted by molar-refractivity contribution is 5.98. The number of halogens is 1. The molecule has 32 heavy (non-hydrogen) atoms. The van der Waals surface area contributed by atoms with Gasteiger partial charge in [0.15, 0.2) is 0 Å². The third-order valence-electron chi connectivity index (χ3n) is 5.89. The zero-order chi connectivity index (χ0) is 22.7. The molecule has 0 aliphatic heterocycles. The van der Waals surface area contributed by atoms with Gasteiger partial charge in [0, 0.05) is 41.3 Å². The Hall–Kier alpha value is -3.51. The van der Waals surface area contributed by atoms with E-state index in [0.717, 1.165) is 53.8 Å². The van der Waals surface area contributed by atoms with Crippen LogP contribution in [-0.2, 0) is 6.54 Å². The van der Waals surface area contributed by atoms with E-state index in [1.807, 2.05) is 24.3 Å². The van der Waals surface area contributed by atoms with Gasteiger partial charge in [0.25, 0.3) is 5.91 Å². The molecule has 2 heterocycles. The Labute approximate surface area is 187 Å². The van der Waals surface area contributed by atoms with Crippen LogP contribution in [0.1, 0.15) is 24.3 Å². The maximum atomic E-state index is 13.5. The summed E-state index contributed by atoms with van der Waals surface area (Å²) in [4.78, 5) is 18.4. The van der Waals surface area contributed by atoms with Gasteiger partial charge in [-0.3, -0.25) is 4.79 Å². The largest absolute Gasteiger partial charge is 0.364 e. The van der Waals surface area contributed by atoms with E-state index in [2.05, 4.69) is 46.6 Å². The van der Waals surface area contributed by atoms with Crippen molar-refractivity contribution in [2.24, 2.45) is 5.73 Å². The molecule has 2 N–H and O–H groups in total. The lowest BCUT2D eigenvalue weighted by Gasteiger charge is -2.18. The molecule has 0 unspecified atom stereocenters. The lowest BCUT2D eigenvalue weighted by molar-refractivity contribution is 0.0995. The van der Waals surface area contributed by atoms with Gasteiger partial charge in [-0.15, -0.1) is 0 Å². The van der Waals surface area contributed by atoms with Crippen LogP contribution in [0.3, 0.4) is 0 Å². The van der Waals surface area contributed by atoms with E-state index in [0.29, 0.717) is 5.69 Å². The topological polar surface area (TPSA) is 64.2 Å². The van der Waals surface area contributed by atoms with Crippen LogP contribution in [0, 0.1) is 5.82 Å². The molecule has 0 spiro atoms. The fourth-order valence-electron chi connectivity index (χ4n) is 4.02. The summed E-state index contributed by atoms with van der Waals surface area (Å²) in [6.07, 6.45) is 2.14. The maximum Gasteiger partial charge on any atom is 0.267 e. The van der Waals surface area contributed by atoms with Gasteiger partial charge in [-0.05, 0) is 49.0 Å². The molecule has 2 aromatic heterocycles. The molecule has 5 nitrogen and oxygen atoms in total. The minimum absolute atomic E-state index is 0.242. The van der Waals surface area contributed by atoms with E-state index >= 15 is 0 Å². The van der Waals surface area contributed by atoms with Crippen LogP contribution >= 0.6 is 0 Å². The standard InChI is InChI=1S/C26H27FN4O/c1-3-30(4-2)14-15-31-17-22(18-8-11-20(27)12-9-18)21-13-10-19(16-25(21)31)23-6-5-7-24(29-23)26(28)32/h5-13,16-17H,3-4,14-15H2,1-2H3,(H2,28,32). The minimum Gasteiger partial charge on any atom is -0.364 e. The van der Waals surface area contributed by atoms with Gasteiger partial charge < -0.3 is 15.2 Å². The summed E-state index contributed by atoms with van der Waals surface area (Å²) >= 11 is 0. The van der Waals surface area contributed by atoms with Crippen LogP contribution in [0.4, 0.5) is 4.39 Å². The van der Waals surface area contributed by atoms with Crippen molar-refractivity contribution in [2.45, 2.75) is 20.4 Å². The summed E-state index contributed by atoms with van der Waals surface area (Å²) in [6.45, 7) is 8.08. The Morgan fingerprint density at radius 3 is 2.44 bits per heavy atom. The van der Waals surface area contributed by atoms with Crippen LogP contribution in [0.5, 0.6) is 0 Å². The molecule has 2 aromatic carbocycles. The second-order valence-corrected chi connectivity index (χ2v) is 7.77. The predicted molar refractivity (Wildman–Crippen MR) is 127 cm³/mol. The third kappa shape index (κ3) is 4.41. The first-order valence-electron chi connectivity index (χ1n) is 10.9. The minimum atomic E-state index is -0.547. The average Bonchev–Trinajstić information content (AvgIpc) is 3.18. The number of pyridine rings is 1. The second-order valence-electron chi connectivity index (χ2n) is 7.77. The number of carbonyl (C=O) groups excluding carboxylic acids is 1. The highest BCUT2D eigenvalue weighted by Gasteiger charge is 2.14. The Morgan fingerprint density at radius 2 is 1.75 bits per heavy atom. The summed E-state index contributed by atoms with van der Waals surface area (Å²) in [7, 11) is 0. The second kappa shape index (κ2) is 9.32. The Bertz CT molecular complexity index is 1240. The number of nitrogens with two attached hydrogens (primary N) is 1. The number of primary amides is 1. The molecule has 0 saturated carbocycles. The summed E-state index contributed by atoms with van der Waals surface area (Å²) in [6, 6.07) is 18.0. The van der Waals surface area contributed by atoms with Crippen LogP contribution in [0.25, 0.3) is 33.3 Å². The van der Waals surface area contributed by atoms with E-state index in [-0.39, 0.29) is 11.5 Å². The Balaban J connectivity index is 1.81. The van der Waals surface area contributed by atoms with E-state index < -0.39 is 5.91 Å². The fourth-order valence-corrected chi connectivity index (χ4v) is 4.02. The molecule has 0 fully saturated rings. The number of benzene rings is 2. The van der Waals surface area contributed by atoms with Gasteiger partial charge in [-0.25, -0.2) is 9.37 Å². The quantitative estimate of drug-likeness (QED) is 0.430. The molecule has 0 radical (unpaired) electrons. The first-order chi connectivity index (χ1) is 15.5. The van der Waals surface area contributed by atoms with Gasteiger partial charge in [-0.2, -0.15) is 0 Å². The number of nitrogens with zero attached hydrogens (tertiary/aromatic N) is 3. The van der Waals surface area contributed by atoms with Crippen LogP contribution in [0.15, 0.2) is 66.9 Å². The SMILES string of the molecule is CCN(CC)CCn1cc(-c2ccc(F)cc2)c2ccc(-c3cccc(C(N)=O)n3)cc21. The predicted octanol–water partition coefficient (Wildman–Crippen LogP) is 4.95. The zero-order valence-corrected chi connectivity index (χ0v) is 18.4. The number of hydrogen-bond donors (Lipinski definition) is 1. The van der Waals surface area contributed by atoms with Gasteiger partial charge in [-0.1, -0.05) is 44.2 Å². The first kappa shape index (κ1) is 21.7. The monoisotopic (exact) mass is 430 g/mol. The highest BCUT2D eigenvalue weighted by atomic mass is 19.1. The van der Waals surface area contributed by atoms with E-state index in [9.17, 15) is 9.18 Å². The molecule has 0 bridgehead atoms. The van der Waals surface area contributed by atoms with E-state index in [4.69, 9.17) is 5.73 Å². The number of hydrogen-bond acceptors (Lipinski definition) is 3. The van der Waals surface area contributed by atoms with Crippen LogP contribution in [0.2, 0.25) is 0 Å². The zero-order valence-electron chi connectivity index (χ0n) is 18.4. The fraction of sp³-hybridized carbons (Fsp3) is 0.231. The molecule has 1 amide bonds. The van der Waals surface area contributed by atoms with E-state index in [1.165, 1.54) is 12.1 Å². The molecular weight excluding hydrogens is 403 g/mol. The van der Waals surface area contributed by atoms with Crippen molar-refractivity contribution in [2.75, 3.05) is 19.6 Å². The average molecular weight is 431 g/mol. The number of aromatic nitrogens is 2. The summed E-state index contributed by atoms with van der Waals surface area (Å²) < 4.78 is 15.7. The molecule has 0 atom stereocenters. The summed E-state index contributed by atoms with van der Waals surface area (Å²) in [5, 5.41) is 1.09. The third-order valence-corrected chi connectivity index (χ3v) is 5.89. The van der Waals surface area contributed by atoms with Crippen LogP contribution in [-0.4, -0.2) is 40.0 Å². The number of fused-ring (bicyclic) bond motifs is 1. The van der Waals surface area contributed by atoms with Crippen LogP contribution < -0.4 is 5.73 Å². The molecule has 0 aliphatic carbocycles. The molecule has 0 saturated heterocycles. The molecule has 6 heteroatoms. The van der Waals surface area contributed by atoms with E-state index in [1.54, 1.807) is 12.1 Å². The first-order valence-corrected chi connectivity index (χ1v) is 10.9. The van der Waals surface area contributed by atoms with Crippen molar-refractivity contribution >= 4 is 16.8 Å². The van der Waals surface area contributed by atoms with Gasteiger partial charge >= 0.3 is 0 Å². The summed E-state index contributed by atoms with van der Waals surface area (Å²) in [5.41, 5.74) is 10.4. The molecule has 0 aliphatic rings. The number of likely N-dealkylation sites (N-methyl/N-ethyl adjacent to an activating group) is 1. The van der Waals surface area contributed by atoms with Gasteiger partial charge in [0.1, 0.15) is 11.5 Å².